The standard InChI is InChI=1S/C23H21N3O3/c1-15-8-7-13-26-21(15)24-20(16-9-5-4-6-10-16)22(26)25-23(27)18-14-17(28-2)11-12-19(18)29-3/h4-14H,1-3H3,(H,25,27). The average molecular weight is 387 g/mol. The van der Waals surface area contributed by atoms with Gasteiger partial charge in [0.15, 0.2) is 0 Å². The van der Waals surface area contributed by atoms with E-state index in [9.17, 15) is 4.79 Å². The molecule has 0 bridgehead atoms. The van der Waals surface area contributed by atoms with Crippen LogP contribution in [0.2, 0.25) is 0 Å². The molecule has 29 heavy (non-hydrogen) atoms. The zero-order valence-corrected chi connectivity index (χ0v) is 16.5. The molecule has 0 aliphatic rings. The molecule has 6 nitrogen and oxygen atoms in total. The van der Waals surface area contributed by atoms with Crippen molar-refractivity contribution >= 4 is 17.4 Å². The zero-order valence-electron chi connectivity index (χ0n) is 16.5. The smallest absolute Gasteiger partial charge is 0.260 e. The van der Waals surface area contributed by atoms with Crippen molar-refractivity contribution in [1.82, 2.24) is 9.38 Å². The third-order valence-corrected chi connectivity index (χ3v) is 4.78. The van der Waals surface area contributed by atoms with Crippen LogP contribution in [0.1, 0.15) is 15.9 Å². The van der Waals surface area contributed by atoms with Crippen molar-refractivity contribution in [2.75, 3.05) is 19.5 Å². The van der Waals surface area contributed by atoms with E-state index >= 15 is 0 Å². The van der Waals surface area contributed by atoms with Crippen molar-refractivity contribution in [1.29, 1.82) is 0 Å². The lowest BCUT2D eigenvalue weighted by Gasteiger charge is -2.12. The Kier molecular flexibility index (Phi) is 4.91. The first-order valence-electron chi connectivity index (χ1n) is 9.19. The van der Waals surface area contributed by atoms with E-state index in [1.807, 2.05) is 60.0 Å². The number of carbonyl (C=O) groups excluding carboxylic acids is 1. The van der Waals surface area contributed by atoms with E-state index in [1.165, 1.54) is 7.11 Å². The highest BCUT2D eigenvalue weighted by Gasteiger charge is 2.20. The lowest BCUT2D eigenvalue weighted by atomic mass is 10.1. The maximum atomic E-state index is 13.2. The van der Waals surface area contributed by atoms with E-state index in [-0.39, 0.29) is 5.91 Å². The summed E-state index contributed by atoms with van der Waals surface area (Å²) in [6.07, 6.45) is 1.89. The van der Waals surface area contributed by atoms with Crippen LogP contribution in [0.15, 0.2) is 66.9 Å². The van der Waals surface area contributed by atoms with Gasteiger partial charge < -0.3 is 14.8 Å². The quantitative estimate of drug-likeness (QED) is 0.544. The number of rotatable bonds is 5. The summed E-state index contributed by atoms with van der Waals surface area (Å²) in [5.41, 5.74) is 3.82. The second-order valence-electron chi connectivity index (χ2n) is 6.58. The van der Waals surface area contributed by atoms with Crippen LogP contribution >= 0.6 is 0 Å². The summed E-state index contributed by atoms with van der Waals surface area (Å²) in [4.78, 5) is 18.0. The first kappa shape index (κ1) is 18.6. The van der Waals surface area contributed by atoms with Crippen molar-refractivity contribution in [3.63, 3.8) is 0 Å². The number of ether oxygens (including phenoxy) is 2. The molecular formula is C23H21N3O3. The molecular weight excluding hydrogens is 366 g/mol. The fraction of sp³-hybridized carbons (Fsp3) is 0.130. The van der Waals surface area contributed by atoms with Gasteiger partial charge in [-0.05, 0) is 36.8 Å². The topological polar surface area (TPSA) is 64.9 Å². The number of aromatic nitrogens is 2. The normalized spacial score (nSPS) is 10.7. The molecule has 0 saturated heterocycles. The second kappa shape index (κ2) is 7.67. The van der Waals surface area contributed by atoms with Gasteiger partial charge in [0.2, 0.25) is 0 Å². The number of anilines is 1. The predicted octanol–water partition coefficient (Wildman–Crippen LogP) is 4.58. The molecule has 0 spiro atoms. The molecule has 6 heteroatoms. The van der Waals surface area contributed by atoms with Gasteiger partial charge in [0.05, 0.1) is 19.8 Å². The maximum Gasteiger partial charge on any atom is 0.260 e. The molecule has 1 amide bonds. The number of aryl methyl sites for hydroxylation is 1. The van der Waals surface area contributed by atoms with Crippen molar-refractivity contribution in [3.8, 4) is 22.8 Å². The first-order valence-corrected chi connectivity index (χ1v) is 9.19. The van der Waals surface area contributed by atoms with E-state index in [2.05, 4.69) is 5.32 Å². The zero-order chi connectivity index (χ0) is 20.4. The molecule has 0 unspecified atom stereocenters. The Bertz CT molecular complexity index is 1180. The lowest BCUT2D eigenvalue weighted by molar-refractivity contribution is 0.102. The highest BCUT2D eigenvalue weighted by Crippen LogP contribution is 2.31. The molecule has 2 heterocycles. The van der Waals surface area contributed by atoms with E-state index in [4.69, 9.17) is 14.5 Å². The van der Waals surface area contributed by atoms with Crippen molar-refractivity contribution in [2.45, 2.75) is 6.92 Å². The van der Waals surface area contributed by atoms with Gasteiger partial charge in [0.25, 0.3) is 5.91 Å². The molecule has 2 aromatic heterocycles. The summed E-state index contributed by atoms with van der Waals surface area (Å²) in [5.74, 6) is 1.34. The number of fused-ring (bicyclic) bond motifs is 1. The largest absolute Gasteiger partial charge is 0.497 e. The van der Waals surface area contributed by atoms with Gasteiger partial charge in [0, 0.05) is 11.8 Å². The lowest BCUT2D eigenvalue weighted by Crippen LogP contribution is -2.15. The first-order chi connectivity index (χ1) is 14.1. The third-order valence-electron chi connectivity index (χ3n) is 4.78. The second-order valence-corrected chi connectivity index (χ2v) is 6.58. The SMILES string of the molecule is COc1ccc(OC)c(C(=O)Nc2c(-c3ccccc3)nc3c(C)cccn23)c1. The number of pyridine rings is 1. The van der Waals surface area contributed by atoms with Gasteiger partial charge in [-0.1, -0.05) is 36.4 Å². The van der Waals surface area contributed by atoms with Crippen LogP contribution in [0.3, 0.4) is 0 Å². The van der Waals surface area contributed by atoms with Crippen molar-refractivity contribution in [2.24, 2.45) is 0 Å². The molecule has 4 rings (SSSR count). The van der Waals surface area contributed by atoms with Gasteiger partial charge in [-0.15, -0.1) is 0 Å². The van der Waals surface area contributed by atoms with E-state index in [0.29, 0.717) is 28.6 Å². The summed E-state index contributed by atoms with van der Waals surface area (Å²) < 4.78 is 12.5. The molecule has 146 valence electrons. The monoisotopic (exact) mass is 387 g/mol. The van der Waals surface area contributed by atoms with Gasteiger partial charge in [-0.25, -0.2) is 4.98 Å². The number of carbonyl (C=O) groups is 1. The third kappa shape index (κ3) is 3.40. The number of methoxy groups -OCH3 is 2. The van der Waals surface area contributed by atoms with Crippen LogP contribution in [0.25, 0.3) is 16.9 Å². The average Bonchev–Trinajstić information content (AvgIpc) is 3.13. The van der Waals surface area contributed by atoms with Crippen LogP contribution < -0.4 is 14.8 Å². The van der Waals surface area contributed by atoms with Crippen LogP contribution in [0, 0.1) is 6.92 Å². The minimum absolute atomic E-state index is 0.304. The molecule has 0 saturated carbocycles. The number of hydrogen-bond donors (Lipinski definition) is 1. The van der Waals surface area contributed by atoms with E-state index in [0.717, 1.165) is 16.8 Å². The molecule has 2 aromatic carbocycles. The number of nitrogens with one attached hydrogen (secondary N) is 1. The fourth-order valence-corrected chi connectivity index (χ4v) is 3.29. The fourth-order valence-electron chi connectivity index (χ4n) is 3.29. The number of benzene rings is 2. The summed E-state index contributed by atoms with van der Waals surface area (Å²) in [6.45, 7) is 1.99. The molecule has 0 fully saturated rings. The van der Waals surface area contributed by atoms with E-state index < -0.39 is 0 Å². The number of imidazole rings is 1. The molecule has 1 N–H and O–H groups in total. The van der Waals surface area contributed by atoms with Crippen molar-refractivity contribution in [3.05, 3.63) is 78.0 Å². The van der Waals surface area contributed by atoms with Gasteiger partial charge in [-0.3, -0.25) is 9.20 Å². The van der Waals surface area contributed by atoms with Crippen LogP contribution in [-0.2, 0) is 0 Å². The van der Waals surface area contributed by atoms with Crippen LogP contribution in [0.4, 0.5) is 5.82 Å². The summed E-state index contributed by atoms with van der Waals surface area (Å²) in [6, 6.07) is 18.8. The molecule has 0 radical (unpaired) electrons. The Morgan fingerprint density at radius 2 is 1.79 bits per heavy atom. The molecule has 0 aliphatic heterocycles. The summed E-state index contributed by atoms with van der Waals surface area (Å²) in [5, 5.41) is 3.03. The molecule has 0 atom stereocenters. The number of amides is 1. The van der Waals surface area contributed by atoms with Gasteiger partial charge >= 0.3 is 0 Å². The number of hydrogen-bond acceptors (Lipinski definition) is 4. The Morgan fingerprint density at radius 3 is 2.52 bits per heavy atom. The highest BCUT2D eigenvalue weighted by molar-refractivity contribution is 6.07. The highest BCUT2D eigenvalue weighted by atomic mass is 16.5. The number of nitrogens with zero attached hydrogens (tertiary/aromatic N) is 2. The maximum absolute atomic E-state index is 13.2. The van der Waals surface area contributed by atoms with Gasteiger partial charge in [0.1, 0.15) is 28.7 Å². The predicted molar refractivity (Wildman–Crippen MR) is 113 cm³/mol. The Hall–Kier alpha value is -3.80. The van der Waals surface area contributed by atoms with Crippen LogP contribution in [-0.4, -0.2) is 29.5 Å². The van der Waals surface area contributed by atoms with Crippen LogP contribution in [0.5, 0.6) is 11.5 Å². The Labute approximate surface area is 168 Å². The molecule has 0 aliphatic carbocycles. The Morgan fingerprint density at radius 1 is 1.00 bits per heavy atom. The van der Waals surface area contributed by atoms with Crippen molar-refractivity contribution < 1.29 is 14.3 Å². The van der Waals surface area contributed by atoms with E-state index in [1.54, 1.807) is 25.3 Å². The minimum atomic E-state index is -0.304. The molecule has 4 aromatic rings. The summed E-state index contributed by atoms with van der Waals surface area (Å²) >= 11 is 0. The van der Waals surface area contributed by atoms with Gasteiger partial charge in [-0.2, -0.15) is 0 Å². The Balaban J connectivity index is 1.84. The minimum Gasteiger partial charge on any atom is -0.497 e. The summed E-state index contributed by atoms with van der Waals surface area (Å²) in [7, 11) is 3.09.